The fraction of sp³-hybridized carbons (Fsp3) is 0.417. The van der Waals surface area contributed by atoms with E-state index in [-0.39, 0.29) is 5.78 Å². The van der Waals surface area contributed by atoms with Crippen LogP contribution in [-0.2, 0) is 15.6 Å². The van der Waals surface area contributed by atoms with Gasteiger partial charge in [-0.1, -0.05) is 11.6 Å². The van der Waals surface area contributed by atoms with Gasteiger partial charge in [0.15, 0.2) is 0 Å². The molecule has 0 radical (unpaired) electrons. The van der Waals surface area contributed by atoms with Crippen LogP contribution in [0.5, 0.6) is 0 Å². The van der Waals surface area contributed by atoms with Gasteiger partial charge < -0.3 is 4.79 Å². The molecule has 1 aromatic carbocycles. The predicted octanol–water partition coefficient (Wildman–Crippen LogP) is 3.21. The number of unbranched alkanes of at least 4 members (excludes halogenated alkanes) is 1. The van der Waals surface area contributed by atoms with E-state index >= 15 is 0 Å². The molecule has 0 aliphatic rings. The molecule has 0 amide bonds. The van der Waals surface area contributed by atoms with Crippen LogP contribution in [-0.4, -0.2) is 15.7 Å². The third-order valence-electron chi connectivity index (χ3n) is 2.19. The average molecular weight is 259 g/mol. The summed E-state index contributed by atoms with van der Waals surface area (Å²) in [7, 11) is -0.976. The Morgan fingerprint density at radius 2 is 1.88 bits per heavy atom. The standard InChI is InChI=1S/C12H15ClO2S/c1-10(14)4-2-3-9-16(15)12-7-5-11(13)6-8-12/h5-8H,2-4,9H2,1H3. The lowest BCUT2D eigenvalue weighted by Crippen LogP contribution is -1.99. The van der Waals surface area contributed by atoms with E-state index in [2.05, 4.69) is 0 Å². The molecule has 0 heterocycles. The van der Waals surface area contributed by atoms with Gasteiger partial charge >= 0.3 is 0 Å². The fourth-order valence-electron chi connectivity index (χ4n) is 1.31. The number of halogens is 1. The van der Waals surface area contributed by atoms with E-state index < -0.39 is 10.8 Å². The number of Topliss-reactive ketones (excluding diaryl/α,β-unsaturated/α-hetero) is 1. The zero-order chi connectivity index (χ0) is 12.0. The molecule has 88 valence electrons. The summed E-state index contributed by atoms with van der Waals surface area (Å²) >= 11 is 5.74. The summed E-state index contributed by atoms with van der Waals surface area (Å²) in [6.45, 7) is 1.58. The number of benzene rings is 1. The first kappa shape index (κ1) is 13.4. The summed E-state index contributed by atoms with van der Waals surface area (Å²) in [5.74, 6) is 0.798. The quantitative estimate of drug-likeness (QED) is 0.735. The summed E-state index contributed by atoms with van der Waals surface area (Å²) < 4.78 is 11.8. The summed E-state index contributed by atoms with van der Waals surface area (Å²) in [5, 5.41) is 0.650. The summed E-state index contributed by atoms with van der Waals surface area (Å²) in [6, 6.07) is 7.04. The first-order chi connectivity index (χ1) is 7.59. The van der Waals surface area contributed by atoms with Crippen LogP contribution >= 0.6 is 11.6 Å². The lowest BCUT2D eigenvalue weighted by molar-refractivity contribution is -0.117. The Hall–Kier alpha value is -0.670. The highest BCUT2D eigenvalue weighted by Crippen LogP contribution is 2.13. The van der Waals surface area contributed by atoms with E-state index in [4.69, 9.17) is 11.6 Å². The Kier molecular flexibility index (Phi) is 5.71. The lowest BCUT2D eigenvalue weighted by Gasteiger charge is -2.01. The third-order valence-corrected chi connectivity index (χ3v) is 3.89. The zero-order valence-electron chi connectivity index (χ0n) is 9.24. The van der Waals surface area contributed by atoms with Crippen molar-refractivity contribution in [1.29, 1.82) is 0 Å². The van der Waals surface area contributed by atoms with Crippen LogP contribution < -0.4 is 0 Å². The Balaban J connectivity index is 2.35. The number of hydrogen-bond donors (Lipinski definition) is 0. The minimum absolute atomic E-state index is 0.192. The van der Waals surface area contributed by atoms with Crippen LogP contribution in [0.2, 0.25) is 5.02 Å². The highest BCUT2D eigenvalue weighted by atomic mass is 35.5. The maximum absolute atomic E-state index is 11.8. The number of hydrogen-bond acceptors (Lipinski definition) is 2. The predicted molar refractivity (Wildman–Crippen MR) is 67.3 cm³/mol. The second kappa shape index (κ2) is 6.81. The first-order valence-electron chi connectivity index (χ1n) is 5.23. The second-order valence-electron chi connectivity index (χ2n) is 3.66. The fourth-order valence-corrected chi connectivity index (χ4v) is 2.58. The van der Waals surface area contributed by atoms with Crippen molar-refractivity contribution >= 4 is 28.2 Å². The van der Waals surface area contributed by atoms with Crippen LogP contribution in [0.25, 0.3) is 0 Å². The molecule has 16 heavy (non-hydrogen) atoms. The molecule has 1 unspecified atom stereocenters. The summed E-state index contributed by atoms with van der Waals surface area (Å²) in [4.78, 5) is 11.5. The van der Waals surface area contributed by atoms with Gasteiger partial charge in [0.1, 0.15) is 5.78 Å². The van der Waals surface area contributed by atoms with E-state index in [0.717, 1.165) is 17.7 Å². The van der Waals surface area contributed by atoms with Gasteiger partial charge in [-0.05, 0) is 44.0 Å². The Labute approximate surface area is 103 Å². The van der Waals surface area contributed by atoms with Crippen molar-refractivity contribution in [2.24, 2.45) is 0 Å². The van der Waals surface area contributed by atoms with Gasteiger partial charge in [0.25, 0.3) is 0 Å². The molecule has 0 N–H and O–H groups in total. The van der Waals surface area contributed by atoms with Gasteiger partial charge in [0.05, 0.1) is 10.8 Å². The molecular formula is C12H15ClO2S. The lowest BCUT2D eigenvalue weighted by atomic mass is 10.2. The number of carbonyl (C=O) groups is 1. The first-order valence-corrected chi connectivity index (χ1v) is 6.92. The van der Waals surface area contributed by atoms with Crippen LogP contribution in [0.4, 0.5) is 0 Å². The Bertz CT molecular complexity index is 373. The zero-order valence-corrected chi connectivity index (χ0v) is 10.8. The molecule has 1 atom stereocenters. The molecule has 0 bridgehead atoms. The van der Waals surface area contributed by atoms with Crippen molar-refractivity contribution in [2.45, 2.75) is 31.1 Å². The van der Waals surface area contributed by atoms with Crippen LogP contribution in [0, 0.1) is 0 Å². The highest BCUT2D eigenvalue weighted by molar-refractivity contribution is 7.85. The summed E-state index contributed by atoms with van der Waals surface area (Å²) in [5.41, 5.74) is 0. The van der Waals surface area contributed by atoms with Crippen molar-refractivity contribution < 1.29 is 9.00 Å². The highest BCUT2D eigenvalue weighted by Gasteiger charge is 2.03. The topological polar surface area (TPSA) is 34.1 Å². The minimum Gasteiger partial charge on any atom is -0.300 e. The van der Waals surface area contributed by atoms with E-state index in [1.54, 1.807) is 31.2 Å². The normalized spacial score (nSPS) is 12.4. The molecule has 1 rings (SSSR count). The molecule has 0 spiro atoms. The third kappa shape index (κ3) is 4.90. The van der Waals surface area contributed by atoms with Gasteiger partial charge in [-0.2, -0.15) is 0 Å². The molecule has 2 nitrogen and oxygen atoms in total. The molecule has 0 aliphatic carbocycles. The Morgan fingerprint density at radius 1 is 1.25 bits per heavy atom. The van der Waals surface area contributed by atoms with Crippen LogP contribution in [0.3, 0.4) is 0 Å². The molecule has 0 saturated carbocycles. The van der Waals surface area contributed by atoms with Crippen molar-refractivity contribution in [3.63, 3.8) is 0 Å². The van der Waals surface area contributed by atoms with E-state index in [0.29, 0.717) is 17.2 Å². The van der Waals surface area contributed by atoms with Gasteiger partial charge in [0.2, 0.25) is 0 Å². The van der Waals surface area contributed by atoms with E-state index in [1.807, 2.05) is 0 Å². The van der Waals surface area contributed by atoms with Crippen molar-refractivity contribution in [3.05, 3.63) is 29.3 Å². The number of ketones is 1. The average Bonchev–Trinajstić information content (AvgIpc) is 2.25. The van der Waals surface area contributed by atoms with Crippen molar-refractivity contribution in [3.8, 4) is 0 Å². The maximum Gasteiger partial charge on any atom is 0.129 e. The van der Waals surface area contributed by atoms with Crippen molar-refractivity contribution in [1.82, 2.24) is 0 Å². The molecule has 0 fully saturated rings. The Morgan fingerprint density at radius 3 is 2.44 bits per heavy atom. The van der Waals surface area contributed by atoms with Crippen LogP contribution in [0.1, 0.15) is 26.2 Å². The smallest absolute Gasteiger partial charge is 0.129 e. The van der Waals surface area contributed by atoms with Gasteiger partial charge in [-0.3, -0.25) is 4.21 Å². The SMILES string of the molecule is CC(=O)CCCCS(=O)c1ccc(Cl)cc1. The number of carbonyl (C=O) groups excluding carboxylic acids is 1. The molecular weight excluding hydrogens is 244 g/mol. The molecule has 0 saturated heterocycles. The van der Waals surface area contributed by atoms with Gasteiger partial charge in [0, 0.05) is 22.1 Å². The maximum atomic E-state index is 11.8. The number of rotatable bonds is 6. The largest absolute Gasteiger partial charge is 0.300 e. The van der Waals surface area contributed by atoms with E-state index in [9.17, 15) is 9.00 Å². The molecule has 4 heteroatoms. The molecule has 0 aromatic heterocycles. The van der Waals surface area contributed by atoms with Crippen molar-refractivity contribution in [2.75, 3.05) is 5.75 Å². The van der Waals surface area contributed by atoms with Gasteiger partial charge in [-0.25, -0.2) is 0 Å². The molecule has 1 aromatic rings. The minimum atomic E-state index is -0.976. The second-order valence-corrected chi connectivity index (χ2v) is 5.67. The van der Waals surface area contributed by atoms with Gasteiger partial charge in [-0.15, -0.1) is 0 Å². The summed E-state index contributed by atoms with van der Waals surface area (Å²) in [6.07, 6.45) is 2.21. The molecule has 0 aliphatic heterocycles. The van der Waals surface area contributed by atoms with E-state index in [1.165, 1.54) is 0 Å². The monoisotopic (exact) mass is 258 g/mol. The van der Waals surface area contributed by atoms with Crippen LogP contribution in [0.15, 0.2) is 29.2 Å².